The molecule has 0 aliphatic carbocycles. The zero-order valence-corrected chi connectivity index (χ0v) is 10.2. The van der Waals surface area contributed by atoms with E-state index in [-0.39, 0.29) is 6.42 Å². The second-order valence-corrected chi connectivity index (χ2v) is 4.37. The van der Waals surface area contributed by atoms with Crippen molar-refractivity contribution in [3.63, 3.8) is 0 Å². The highest BCUT2D eigenvalue weighted by Gasteiger charge is 2.30. The average Bonchev–Trinajstić information content (AvgIpc) is 2.75. The van der Waals surface area contributed by atoms with Gasteiger partial charge < -0.3 is 9.52 Å². The number of alkyl halides is 3. The molecule has 0 spiro atoms. The van der Waals surface area contributed by atoms with E-state index in [4.69, 9.17) is 4.42 Å². The third-order valence-electron chi connectivity index (χ3n) is 2.77. The normalized spacial score (nSPS) is 13.5. The predicted octanol–water partition coefficient (Wildman–Crippen LogP) is 3.88. The van der Waals surface area contributed by atoms with Crippen molar-refractivity contribution in [2.75, 3.05) is 0 Å². The zero-order valence-electron chi connectivity index (χ0n) is 10.2. The molecular formula is C14H13F3O2. The summed E-state index contributed by atoms with van der Waals surface area (Å²) in [5, 5.41) is 9.91. The molecule has 1 atom stereocenters. The summed E-state index contributed by atoms with van der Waals surface area (Å²) < 4.78 is 42.9. The summed E-state index contributed by atoms with van der Waals surface area (Å²) in [5.41, 5.74) is -0.302. The first kappa shape index (κ1) is 13.7. The number of furan rings is 1. The monoisotopic (exact) mass is 270 g/mol. The molecule has 0 radical (unpaired) electrons. The topological polar surface area (TPSA) is 33.4 Å². The molecule has 1 N–H and O–H groups in total. The van der Waals surface area contributed by atoms with Crippen LogP contribution in [0.2, 0.25) is 0 Å². The lowest BCUT2D eigenvalue weighted by molar-refractivity contribution is -0.137. The lowest BCUT2D eigenvalue weighted by Crippen LogP contribution is -2.07. The lowest BCUT2D eigenvalue weighted by atomic mass is 10.0. The van der Waals surface area contributed by atoms with Gasteiger partial charge in [0.1, 0.15) is 17.6 Å². The van der Waals surface area contributed by atoms with Gasteiger partial charge in [-0.1, -0.05) is 18.2 Å². The summed E-state index contributed by atoms with van der Waals surface area (Å²) >= 11 is 0. The maximum atomic E-state index is 12.6. The molecule has 0 saturated carbocycles. The van der Waals surface area contributed by atoms with Crippen molar-refractivity contribution in [2.24, 2.45) is 0 Å². The van der Waals surface area contributed by atoms with Crippen LogP contribution in [0.4, 0.5) is 13.2 Å². The van der Waals surface area contributed by atoms with Crippen LogP contribution in [-0.2, 0) is 12.6 Å². The molecule has 2 rings (SSSR count). The van der Waals surface area contributed by atoms with Crippen LogP contribution in [0.5, 0.6) is 0 Å². The van der Waals surface area contributed by atoms with Gasteiger partial charge in [0, 0.05) is 6.42 Å². The Bertz CT molecular complexity index is 558. The lowest BCUT2D eigenvalue weighted by Gasteiger charge is -2.11. The van der Waals surface area contributed by atoms with E-state index in [9.17, 15) is 18.3 Å². The smallest absolute Gasteiger partial charge is 0.416 e. The third-order valence-corrected chi connectivity index (χ3v) is 2.77. The van der Waals surface area contributed by atoms with E-state index >= 15 is 0 Å². The number of aliphatic hydroxyl groups excluding tert-OH is 1. The van der Waals surface area contributed by atoms with Crippen molar-refractivity contribution in [3.8, 4) is 0 Å². The summed E-state index contributed by atoms with van der Waals surface area (Å²) in [6.07, 6.45) is -5.24. The number of aliphatic hydroxyl groups is 1. The SMILES string of the molecule is Cc1ccc(C(O)Cc2cccc(C(F)(F)F)c2)o1. The van der Waals surface area contributed by atoms with Crippen molar-refractivity contribution in [1.29, 1.82) is 0 Å². The molecular weight excluding hydrogens is 257 g/mol. The van der Waals surface area contributed by atoms with Gasteiger partial charge in [-0.05, 0) is 30.7 Å². The summed E-state index contributed by atoms with van der Waals surface area (Å²) in [4.78, 5) is 0. The Hall–Kier alpha value is -1.75. The Morgan fingerprint density at radius 1 is 1.21 bits per heavy atom. The van der Waals surface area contributed by atoms with Gasteiger partial charge in [0.2, 0.25) is 0 Å². The van der Waals surface area contributed by atoms with Crippen molar-refractivity contribution in [3.05, 3.63) is 59.0 Å². The van der Waals surface area contributed by atoms with Crippen LogP contribution < -0.4 is 0 Å². The number of benzene rings is 1. The molecule has 0 aliphatic rings. The highest BCUT2D eigenvalue weighted by atomic mass is 19.4. The van der Waals surface area contributed by atoms with Crippen molar-refractivity contribution in [2.45, 2.75) is 25.6 Å². The highest BCUT2D eigenvalue weighted by molar-refractivity contribution is 5.26. The molecule has 5 heteroatoms. The maximum Gasteiger partial charge on any atom is 0.416 e. The molecule has 1 aromatic carbocycles. The van der Waals surface area contributed by atoms with Crippen molar-refractivity contribution >= 4 is 0 Å². The molecule has 0 aliphatic heterocycles. The van der Waals surface area contributed by atoms with Gasteiger partial charge >= 0.3 is 6.18 Å². The highest BCUT2D eigenvalue weighted by Crippen LogP contribution is 2.30. The fraction of sp³-hybridized carbons (Fsp3) is 0.286. The minimum atomic E-state index is -4.37. The number of aryl methyl sites for hydroxylation is 1. The van der Waals surface area contributed by atoms with Gasteiger partial charge in [0.05, 0.1) is 5.56 Å². The van der Waals surface area contributed by atoms with Crippen LogP contribution in [0.3, 0.4) is 0 Å². The Labute approximate surface area is 108 Å². The summed E-state index contributed by atoms with van der Waals surface area (Å²) in [5.74, 6) is 1.01. The first-order chi connectivity index (χ1) is 8.86. The third kappa shape index (κ3) is 3.38. The van der Waals surface area contributed by atoms with Crippen LogP contribution in [0.15, 0.2) is 40.8 Å². The minimum absolute atomic E-state index is 0.0802. The van der Waals surface area contributed by atoms with Gasteiger partial charge in [-0.2, -0.15) is 13.2 Å². The average molecular weight is 270 g/mol. The standard InChI is InChI=1S/C14H13F3O2/c1-9-5-6-13(19-9)12(18)8-10-3-2-4-11(7-10)14(15,16)17/h2-7,12,18H,8H2,1H3. The van der Waals surface area contributed by atoms with Gasteiger partial charge in [0.15, 0.2) is 0 Å². The molecule has 0 amide bonds. The molecule has 0 bridgehead atoms. The van der Waals surface area contributed by atoms with E-state index in [0.717, 1.165) is 12.1 Å². The molecule has 19 heavy (non-hydrogen) atoms. The van der Waals surface area contributed by atoms with E-state index in [2.05, 4.69) is 0 Å². The minimum Gasteiger partial charge on any atom is -0.464 e. The molecule has 2 aromatic rings. The van der Waals surface area contributed by atoms with Crippen LogP contribution in [0.25, 0.3) is 0 Å². The van der Waals surface area contributed by atoms with Gasteiger partial charge in [0.25, 0.3) is 0 Å². The maximum absolute atomic E-state index is 12.6. The van der Waals surface area contributed by atoms with Crippen LogP contribution in [0.1, 0.15) is 28.8 Å². The van der Waals surface area contributed by atoms with E-state index < -0.39 is 17.8 Å². The fourth-order valence-corrected chi connectivity index (χ4v) is 1.83. The van der Waals surface area contributed by atoms with E-state index in [0.29, 0.717) is 17.1 Å². The van der Waals surface area contributed by atoms with E-state index in [1.807, 2.05) is 0 Å². The summed E-state index contributed by atoms with van der Waals surface area (Å²) in [6, 6.07) is 8.25. The second kappa shape index (κ2) is 5.09. The number of halogens is 3. The Balaban J connectivity index is 2.15. The largest absolute Gasteiger partial charge is 0.464 e. The molecule has 1 unspecified atom stereocenters. The van der Waals surface area contributed by atoms with Gasteiger partial charge in [-0.25, -0.2) is 0 Å². The van der Waals surface area contributed by atoms with Gasteiger partial charge in [-0.15, -0.1) is 0 Å². The Morgan fingerprint density at radius 3 is 2.53 bits per heavy atom. The molecule has 2 nitrogen and oxygen atoms in total. The molecule has 0 saturated heterocycles. The Morgan fingerprint density at radius 2 is 1.95 bits per heavy atom. The van der Waals surface area contributed by atoms with E-state index in [1.54, 1.807) is 25.1 Å². The van der Waals surface area contributed by atoms with E-state index in [1.165, 1.54) is 6.07 Å². The predicted molar refractivity (Wildman–Crippen MR) is 63.6 cm³/mol. The van der Waals surface area contributed by atoms with Crippen LogP contribution >= 0.6 is 0 Å². The molecule has 1 heterocycles. The number of rotatable bonds is 3. The fourth-order valence-electron chi connectivity index (χ4n) is 1.83. The van der Waals surface area contributed by atoms with Gasteiger partial charge in [-0.3, -0.25) is 0 Å². The summed E-state index contributed by atoms with van der Waals surface area (Å²) in [7, 11) is 0. The summed E-state index contributed by atoms with van der Waals surface area (Å²) in [6.45, 7) is 1.74. The van der Waals surface area contributed by atoms with Crippen molar-refractivity contribution < 1.29 is 22.7 Å². The first-order valence-corrected chi connectivity index (χ1v) is 5.77. The number of hydrogen-bond acceptors (Lipinski definition) is 2. The Kier molecular flexibility index (Phi) is 3.66. The second-order valence-electron chi connectivity index (χ2n) is 4.37. The quantitative estimate of drug-likeness (QED) is 0.918. The zero-order chi connectivity index (χ0) is 14.0. The first-order valence-electron chi connectivity index (χ1n) is 5.77. The molecule has 0 fully saturated rings. The van der Waals surface area contributed by atoms with Crippen LogP contribution in [-0.4, -0.2) is 5.11 Å². The van der Waals surface area contributed by atoms with Crippen molar-refractivity contribution in [1.82, 2.24) is 0 Å². The molecule has 1 aromatic heterocycles. The van der Waals surface area contributed by atoms with Crippen LogP contribution in [0, 0.1) is 6.92 Å². The number of hydrogen-bond donors (Lipinski definition) is 1. The molecule has 102 valence electrons.